The summed E-state index contributed by atoms with van der Waals surface area (Å²) >= 11 is 0. The van der Waals surface area contributed by atoms with Crippen LogP contribution in [0.2, 0.25) is 0 Å². The number of aryl methyl sites for hydroxylation is 1. The van der Waals surface area contributed by atoms with Gasteiger partial charge in [-0.2, -0.15) is 4.98 Å². The van der Waals surface area contributed by atoms with Crippen molar-refractivity contribution >= 4 is 5.91 Å². The van der Waals surface area contributed by atoms with Gasteiger partial charge in [0, 0.05) is 18.5 Å². The minimum Gasteiger partial charge on any atom is -0.352 e. The van der Waals surface area contributed by atoms with Gasteiger partial charge in [0.2, 0.25) is 5.89 Å². The van der Waals surface area contributed by atoms with Crippen LogP contribution in [0.5, 0.6) is 0 Å². The molecule has 1 amide bonds. The molecule has 0 aliphatic carbocycles. The Morgan fingerprint density at radius 2 is 2.12 bits per heavy atom. The van der Waals surface area contributed by atoms with Gasteiger partial charge in [-0.3, -0.25) is 4.79 Å². The monoisotopic (exact) mass is 231 g/mol. The molecular weight excluding hydrogens is 218 g/mol. The van der Waals surface area contributed by atoms with Crippen molar-refractivity contribution in [2.45, 2.75) is 13.3 Å². The summed E-state index contributed by atoms with van der Waals surface area (Å²) in [5.74, 6) is 1.05. The number of nitrogens with one attached hydrogen (secondary N) is 1. The number of carbonyl (C=O) groups is 1. The van der Waals surface area contributed by atoms with Crippen molar-refractivity contribution in [3.63, 3.8) is 0 Å². The number of hydrogen-bond acceptors (Lipinski definition) is 4. The summed E-state index contributed by atoms with van der Waals surface area (Å²) in [7, 11) is 0. The lowest BCUT2D eigenvalue weighted by Crippen LogP contribution is -2.25. The largest absolute Gasteiger partial charge is 0.352 e. The Hall–Kier alpha value is -2.17. The molecule has 0 aliphatic heterocycles. The van der Waals surface area contributed by atoms with E-state index in [0.717, 1.165) is 0 Å². The van der Waals surface area contributed by atoms with E-state index in [1.807, 2.05) is 18.2 Å². The Kier molecular flexibility index (Phi) is 3.49. The van der Waals surface area contributed by atoms with Crippen molar-refractivity contribution in [2.24, 2.45) is 0 Å². The average molecular weight is 231 g/mol. The highest BCUT2D eigenvalue weighted by Gasteiger charge is 2.05. The normalized spacial score (nSPS) is 10.2. The zero-order valence-corrected chi connectivity index (χ0v) is 9.51. The highest BCUT2D eigenvalue weighted by atomic mass is 16.5. The van der Waals surface area contributed by atoms with E-state index in [0.29, 0.717) is 30.2 Å². The molecule has 0 bridgehead atoms. The molecule has 0 unspecified atom stereocenters. The molecule has 0 spiro atoms. The van der Waals surface area contributed by atoms with E-state index in [9.17, 15) is 4.79 Å². The summed E-state index contributed by atoms with van der Waals surface area (Å²) in [4.78, 5) is 15.7. The lowest BCUT2D eigenvalue weighted by atomic mass is 10.2. The Balaban J connectivity index is 1.81. The standard InChI is InChI=1S/C12H13N3O2/c1-9-14-11(17-15-9)7-8-13-12(16)10-5-3-2-4-6-10/h2-6H,7-8H2,1H3,(H,13,16). The molecule has 17 heavy (non-hydrogen) atoms. The van der Waals surface area contributed by atoms with Crippen LogP contribution in [0.3, 0.4) is 0 Å². The van der Waals surface area contributed by atoms with Crippen molar-refractivity contribution in [3.05, 3.63) is 47.6 Å². The molecule has 1 heterocycles. The number of carbonyl (C=O) groups excluding carboxylic acids is 1. The zero-order chi connectivity index (χ0) is 12.1. The van der Waals surface area contributed by atoms with Crippen LogP contribution in [0.25, 0.3) is 0 Å². The van der Waals surface area contributed by atoms with Crippen LogP contribution in [0.4, 0.5) is 0 Å². The molecule has 0 saturated carbocycles. The maximum absolute atomic E-state index is 11.7. The van der Waals surface area contributed by atoms with Crippen molar-refractivity contribution < 1.29 is 9.32 Å². The van der Waals surface area contributed by atoms with Crippen molar-refractivity contribution in [1.82, 2.24) is 15.5 Å². The molecule has 0 atom stereocenters. The third-order valence-corrected chi connectivity index (χ3v) is 2.23. The second-order valence-corrected chi connectivity index (χ2v) is 3.61. The third-order valence-electron chi connectivity index (χ3n) is 2.23. The molecule has 88 valence electrons. The average Bonchev–Trinajstić information content (AvgIpc) is 2.76. The van der Waals surface area contributed by atoms with Crippen LogP contribution in [0.1, 0.15) is 22.1 Å². The lowest BCUT2D eigenvalue weighted by Gasteiger charge is -2.02. The number of hydrogen-bond donors (Lipinski definition) is 1. The molecule has 0 fully saturated rings. The van der Waals surface area contributed by atoms with Crippen LogP contribution in [0.15, 0.2) is 34.9 Å². The summed E-state index contributed by atoms with van der Waals surface area (Å²) in [6.45, 7) is 2.24. The van der Waals surface area contributed by atoms with E-state index in [4.69, 9.17) is 4.52 Å². The molecule has 0 saturated heterocycles. The van der Waals surface area contributed by atoms with Gasteiger partial charge in [-0.15, -0.1) is 0 Å². The van der Waals surface area contributed by atoms with Crippen LogP contribution < -0.4 is 5.32 Å². The molecule has 1 aromatic carbocycles. The quantitative estimate of drug-likeness (QED) is 0.862. The molecule has 2 rings (SSSR count). The van der Waals surface area contributed by atoms with Gasteiger partial charge in [0.1, 0.15) is 0 Å². The van der Waals surface area contributed by atoms with Gasteiger partial charge in [-0.25, -0.2) is 0 Å². The Morgan fingerprint density at radius 1 is 1.35 bits per heavy atom. The minimum absolute atomic E-state index is 0.0955. The van der Waals surface area contributed by atoms with Gasteiger partial charge in [0.15, 0.2) is 5.82 Å². The van der Waals surface area contributed by atoms with Crippen LogP contribution >= 0.6 is 0 Å². The topological polar surface area (TPSA) is 68.0 Å². The van der Waals surface area contributed by atoms with Gasteiger partial charge >= 0.3 is 0 Å². The Bertz CT molecular complexity index is 493. The van der Waals surface area contributed by atoms with E-state index < -0.39 is 0 Å². The highest BCUT2D eigenvalue weighted by Crippen LogP contribution is 1.99. The molecule has 0 aliphatic rings. The first-order valence-electron chi connectivity index (χ1n) is 5.38. The molecule has 0 radical (unpaired) electrons. The summed E-state index contributed by atoms with van der Waals surface area (Å²) in [5.41, 5.74) is 0.647. The summed E-state index contributed by atoms with van der Waals surface area (Å²) in [5, 5.41) is 6.46. The number of aromatic nitrogens is 2. The number of benzene rings is 1. The van der Waals surface area contributed by atoms with Crippen LogP contribution in [-0.4, -0.2) is 22.6 Å². The second-order valence-electron chi connectivity index (χ2n) is 3.61. The minimum atomic E-state index is -0.0955. The van der Waals surface area contributed by atoms with Gasteiger partial charge in [-0.05, 0) is 19.1 Å². The van der Waals surface area contributed by atoms with E-state index in [2.05, 4.69) is 15.5 Å². The van der Waals surface area contributed by atoms with Crippen LogP contribution in [0, 0.1) is 6.92 Å². The molecular formula is C12H13N3O2. The Labute approximate surface area is 98.8 Å². The first-order valence-corrected chi connectivity index (χ1v) is 5.38. The first kappa shape index (κ1) is 11.3. The zero-order valence-electron chi connectivity index (χ0n) is 9.51. The Morgan fingerprint density at radius 3 is 2.76 bits per heavy atom. The van der Waals surface area contributed by atoms with Crippen molar-refractivity contribution in [3.8, 4) is 0 Å². The molecule has 5 nitrogen and oxygen atoms in total. The van der Waals surface area contributed by atoms with Gasteiger partial charge in [0.25, 0.3) is 5.91 Å². The number of amides is 1. The maximum atomic E-state index is 11.7. The van der Waals surface area contributed by atoms with E-state index in [1.54, 1.807) is 19.1 Å². The summed E-state index contributed by atoms with van der Waals surface area (Å²) in [6, 6.07) is 9.07. The lowest BCUT2D eigenvalue weighted by molar-refractivity contribution is 0.0953. The first-order chi connectivity index (χ1) is 8.25. The molecule has 1 N–H and O–H groups in total. The predicted molar refractivity (Wildman–Crippen MR) is 61.5 cm³/mol. The van der Waals surface area contributed by atoms with Gasteiger partial charge in [-0.1, -0.05) is 23.4 Å². The molecule has 5 heteroatoms. The van der Waals surface area contributed by atoms with Crippen molar-refractivity contribution in [2.75, 3.05) is 6.54 Å². The summed E-state index contributed by atoms with van der Waals surface area (Å²) in [6.07, 6.45) is 0.541. The number of nitrogens with zero attached hydrogens (tertiary/aromatic N) is 2. The fourth-order valence-corrected chi connectivity index (χ4v) is 1.42. The smallest absolute Gasteiger partial charge is 0.251 e. The fourth-order valence-electron chi connectivity index (χ4n) is 1.42. The predicted octanol–water partition coefficient (Wildman–Crippen LogP) is 1.35. The van der Waals surface area contributed by atoms with Crippen LogP contribution in [-0.2, 0) is 6.42 Å². The van der Waals surface area contributed by atoms with E-state index in [1.165, 1.54) is 0 Å². The van der Waals surface area contributed by atoms with Gasteiger partial charge < -0.3 is 9.84 Å². The van der Waals surface area contributed by atoms with E-state index >= 15 is 0 Å². The molecule has 2 aromatic rings. The third kappa shape index (κ3) is 3.14. The fraction of sp³-hybridized carbons (Fsp3) is 0.250. The summed E-state index contributed by atoms with van der Waals surface area (Å²) < 4.78 is 4.94. The second kappa shape index (κ2) is 5.25. The highest BCUT2D eigenvalue weighted by molar-refractivity contribution is 5.94. The van der Waals surface area contributed by atoms with Gasteiger partial charge in [0.05, 0.1) is 0 Å². The maximum Gasteiger partial charge on any atom is 0.251 e. The molecule has 1 aromatic heterocycles. The number of rotatable bonds is 4. The van der Waals surface area contributed by atoms with Crippen molar-refractivity contribution in [1.29, 1.82) is 0 Å². The SMILES string of the molecule is Cc1noc(CCNC(=O)c2ccccc2)n1. The van der Waals surface area contributed by atoms with E-state index in [-0.39, 0.29) is 5.91 Å².